The van der Waals surface area contributed by atoms with E-state index >= 15 is 0 Å². The highest BCUT2D eigenvalue weighted by Gasteiger charge is 2.05. The van der Waals surface area contributed by atoms with Gasteiger partial charge in [0.15, 0.2) is 0 Å². The molecule has 0 atom stereocenters. The fraction of sp³-hybridized carbons (Fsp3) is 0.200. The molecule has 2 aromatic carbocycles. The first-order valence-electron chi connectivity index (χ1n) is 5.68. The first-order chi connectivity index (χ1) is 8.20. The van der Waals surface area contributed by atoms with Crippen LogP contribution in [-0.2, 0) is 0 Å². The van der Waals surface area contributed by atoms with E-state index in [1.54, 1.807) is 7.11 Å². The van der Waals surface area contributed by atoms with Crippen LogP contribution >= 0.6 is 0 Å². The summed E-state index contributed by atoms with van der Waals surface area (Å²) in [6, 6.07) is 14.3. The molecule has 0 bridgehead atoms. The molecule has 0 unspecified atom stereocenters. The maximum absolute atomic E-state index is 5.25. The zero-order valence-corrected chi connectivity index (χ0v) is 10.4. The average Bonchev–Trinajstić information content (AvgIpc) is 2.35. The molecule has 88 valence electrons. The Morgan fingerprint density at radius 3 is 2.06 bits per heavy atom. The molecule has 2 rings (SSSR count). The minimum atomic E-state index is 0.901. The van der Waals surface area contributed by atoms with E-state index in [4.69, 9.17) is 4.74 Å². The molecule has 0 saturated carbocycles. The van der Waals surface area contributed by atoms with Gasteiger partial charge in [-0.25, -0.2) is 0 Å². The van der Waals surface area contributed by atoms with Gasteiger partial charge in [-0.05, 0) is 49.2 Å². The van der Waals surface area contributed by atoms with E-state index in [1.807, 2.05) is 30.3 Å². The summed E-state index contributed by atoms with van der Waals surface area (Å²) < 4.78 is 5.25. The Balaban J connectivity index is 2.33. The van der Waals surface area contributed by atoms with Crippen molar-refractivity contribution >= 4 is 11.4 Å². The summed E-state index contributed by atoms with van der Waals surface area (Å²) in [5.74, 6) is 0.901. The Morgan fingerprint density at radius 1 is 0.941 bits per heavy atom. The molecule has 0 heterocycles. The molecule has 0 aliphatic heterocycles. The van der Waals surface area contributed by atoms with Crippen molar-refractivity contribution in [3.63, 3.8) is 0 Å². The van der Waals surface area contributed by atoms with Crippen LogP contribution in [0.4, 0.5) is 11.4 Å². The Morgan fingerprint density at radius 2 is 1.53 bits per heavy atom. The number of rotatable bonds is 3. The lowest BCUT2D eigenvalue weighted by molar-refractivity contribution is 0.414. The van der Waals surface area contributed by atoms with E-state index in [0.29, 0.717) is 0 Å². The summed E-state index contributed by atoms with van der Waals surface area (Å²) in [6.45, 7) is 4.17. The highest BCUT2D eigenvalue weighted by molar-refractivity contribution is 5.67. The van der Waals surface area contributed by atoms with E-state index in [1.165, 1.54) is 11.1 Å². The normalized spacial score (nSPS) is 10.1. The van der Waals surface area contributed by atoms with Crippen LogP contribution in [0.1, 0.15) is 11.1 Å². The van der Waals surface area contributed by atoms with Crippen LogP contribution < -0.4 is 10.1 Å². The lowest BCUT2D eigenvalue weighted by Crippen LogP contribution is -1.97. The summed E-state index contributed by atoms with van der Waals surface area (Å²) in [5.41, 5.74) is 4.62. The fourth-order valence-corrected chi connectivity index (χ4v) is 1.90. The van der Waals surface area contributed by atoms with Crippen LogP contribution in [-0.4, -0.2) is 7.11 Å². The SMILES string of the molecule is COc1cc(C)c(Nc2ccccc2)c(C)c1. The molecule has 0 amide bonds. The second-order valence-electron chi connectivity index (χ2n) is 4.13. The zero-order valence-electron chi connectivity index (χ0n) is 10.4. The maximum Gasteiger partial charge on any atom is 0.119 e. The van der Waals surface area contributed by atoms with E-state index in [9.17, 15) is 0 Å². The van der Waals surface area contributed by atoms with E-state index in [-0.39, 0.29) is 0 Å². The number of benzene rings is 2. The predicted molar refractivity (Wildman–Crippen MR) is 72.2 cm³/mol. The number of para-hydroxylation sites is 1. The van der Waals surface area contributed by atoms with Crippen LogP contribution in [0.25, 0.3) is 0 Å². The van der Waals surface area contributed by atoms with Crippen molar-refractivity contribution < 1.29 is 4.74 Å². The standard InChI is InChI=1S/C15H17NO/c1-11-9-14(17-3)10-12(2)15(11)16-13-7-5-4-6-8-13/h4-10,16H,1-3H3. The summed E-state index contributed by atoms with van der Waals surface area (Å²) in [6.07, 6.45) is 0. The number of hydrogen-bond donors (Lipinski definition) is 1. The van der Waals surface area contributed by atoms with Crippen molar-refractivity contribution in [1.29, 1.82) is 0 Å². The Hall–Kier alpha value is -1.96. The van der Waals surface area contributed by atoms with Crippen molar-refractivity contribution in [1.82, 2.24) is 0 Å². The van der Waals surface area contributed by atoms with Gasteiger partial charge in [0.25, 0.3) is 0 Å². The molecule has 0 aliphatic rings. The molecule has 0 saturated heterocycles. The summed E-state index contributed by atoms with van der Waals surface area (Å²) in [7, 11) is 1.69. The van der Waals surface area contributed by atoms with Crippen LogP contribution in [0.3, 0.4) is 0 Å². The smallest absolute Gasteiger partial charge is 0.119 e. The van der Waals surface area contributed by atoms with Gasteiger partial charge in [-0.3, -0.25) is 0 Å². The van der Waals surface area contributed by atoms with Gasteiger partial charge < -0.3 is 10.1 Å². The maximum atomic E-state index is 5.25. The summed E-state index contributed by atoms with van der Waals surface area (Å²) in [4.78, 5) is 0. The first-order valence-corrected chi connectivity index (χ1v) is 5.68. The van der Waals surface area contributed by atoms with E-state index in [2.05, 4.69) is 31.3 Å². The van der Waals surface area contributed by atoms with Gasteiger partial charge >= 0.3 is 0 Å². The molecule has 0 aliphatic carbocycles. The van der Waals surface area contributed by atoms with Crippen molar-refractivity contribution in [2.45, 2.75) is 13.8 Å². The van der Waals surface area contributed by atoms with Crippen molar-refractivity contribution in [3.05, 3.63) is 53.6 Å². The minimum Gasteiger partial charge on any atom is -0.497 e. The number of anilines is 2. The molecule has 2 heteroatoms. The second kappa shape index (κ2) is 4.91. The van der Waals surface area contributed by atoms with Gasteiger partial charge in [-0.15, -0.1) is 0 Å². The van der Waals surface area contributed by atoms with Gasteiger partial charge in [-0.2, -0.15) is 0 Å². The molecular weight excluding hydrogens is 210 g/mol. The first kappa shape index (κ1) is 11.5. The van der Waals surface area contributed by atoms with Crippen molar-refractivity contribution in [2.24, 2.45) is 0 Å². The molecule has 0 radical (unpaired) electrons. The Bertz CT molecular complexity index is 483. The van der Waals surface area contributed by atoms with Crippen LogP contribution in [0.5, 0.6) is 5.75 Å². The Labute approximate surface area is 102 Å². The van der Waals surface area contributed by atoms with Crippen LogP contribution in [0.15, 0.2) is 42.5 Å². The molecule has 1 N–H and O–H groups in total. The summed E-state index contributed by atoms with van der Waals surface area (Å²) >= 11 is 0. The third-order valence-electron chi connectivity index (χ3n) is 2.79. The van der Waals surface area contributed by atoms with Crippen LogP contribution in [0.2, 0.25) is 0 Å². The van der Waals surface area contributed by atoms with E-state index in [0.717, 1.165) is 17.1 Å². The topological polar surface area (TPSA) is 21.3 Å². The molecule has 0 aromatic heterocycles. The highest BCUT2D eigenvalue weighted by Crippen LogP contribution is 2.28. The fourth-order valence-electron chi connectivity index (χ4n) is 1.90. The monoisotopic (exact) mass is 227 g/mol. The van der Waals surface area contributed by atoms with Gasteiger partial charge in [0, 0.05) is 11.4 Å². The van der Waals surface area contributed by atoms with Gasteiger partial charge in [0.2, 0.25) is 0 Å². The van der Waals surface area contributed by atoms with Crippen molar-refractivity contribution in [2.75, 3.05) is 12.4 Å². The zero-order chi connectivity index (χ0) is 12.3. The number of nitrogens with one attached hydrogen (secondary N) is 1. The minimum absolute atomic E-state index is 0.901. The molecule has 0 fully saturated rings. The number of hydrogen-bond acceptors (Lipinski definition) is 2. The van der Waals surface area contributed by atoms with Gasteiger partial charge in [-0.1, -0.05) is 18.2 Å². The van der Waals surface area contributed by atoms with Crippen LogP contribution in [0, 0.1) is 13.8 Å². The molecule has 2 nitrogen and oxygen atoms in total. The Kier molecular flexibility index (Phi) is 3.33. The largest absolute Gasteiger partial charge is 0.497 e. The third kappa shape index (κ3) is 2.59. The number of methoxy groups -OCH3 is 1. The van der Waals surface area contributed by atoms with Gasteiger partial charge in [0.05, 0.1) is 7.11 Å². The number of ether oxygens (including phenoxy) is 1. The third-order valence-corrected chi connectivity index (χ3v) is 2.79. The van der Waals surface area contributed by atoms with E-state index < -0.39 is 0 Å². The summed E-state index contributed by atoms with van der Waals surface area (Å²) in [5, 5.41) is 3.44. The predicted octanol–water partition coefficient (Wildman–Crippen LogP) is 4.06. The lowest BCUT2D eigenvalue weighted by atomic mass is 10.1. The quantitative estimate of drug-likeness (QED) is 0.853. The lowest BCUT2D eigenvalue weighted by Gasteiger charge is -2.14. The second-order valence-corrected chi connectivity index (χ2v) is 4.13. The van der Waals surface area contributed by atoms with Crippen molar-refractivity contribution in [3.8, 4) is 5.75 Å². The number of aryl methyl sites for hydroxylation is 2. The molecule has 17 heavy (non-hydrogen) atoms. The molecular formula is C15H17NO. The molecule has 2 aromatic rings. The molecule has 0 spiro atoms. The highest BCUT2D eigenvalue weighted by atomic mass is 16.5. The average molecular weight is 227 g/mol. The van der Waals surface area contributed by atoms with Gasteiger partial charge in [0.1, 0.15) is 5.75 Å².